The first-order valence-corrected chi connectivity index (χ1v) is 8.09. The van der Waals surface area contributed by atoms with Gasteiger partial charge in [-0.2, -0.15) is 0 Å². The number of ether oxygens (including phenoxy) is 1. The molecule has 3 nitrogen and oxygen atoms in total. The van der Waals surface area contributed by atoms with Crippen LogP contribution < -0.4 is 4.74 Å². The molecular weight excluding hydrogens is 329 g/mol. The first kappa shape index (κ1) is 16.5. The zero-order valence-corrected chi connectivity index (χ0v) is 14.0. The standard InChI is InChI=1S/C19H17ClFNO2/c1-13(10-14-6-8-15(21)9-7-14)22-12-16(11-19(22)23)24-18-5-3-2-4-17(18)20/h2-9,11,13H,10,12H2,1H3/t13-/m0/s1. The third-order valence-electron chi connectivity index (χ3n) is 3.95. The molecule has 0 radical (unpaired) electrons. The minimum atomic E-state index is -0.263. The molecule has 0 saturated carbocycles. The molecule has 1 aliphatic rings. The lowest BCUT2D eigenvalue weighted by Gasteiger charge is -2.24. The van der Waals surface area contributed by atoms with E-state index in [0.717, 1.165) is 5.56 Å². The summed E-state index contributed by atoms with van der Waals surface area (Å²) < 4.78 is 18.7. The van der Waals surface area contributed by atoms with Crippen molar-refractivity contribution in [2.45, 2.75) is 19.4 Å². The molecule has 0 aliphatic carbocycles. The van der Waals surface area contributed by atoms with Gasteiger partial charge in [0.2, 0.25) is 0 Å². The number of rotatable bonds is 5. The minimum absolute atomic E-state index is 0.0217. The van der Waals surface area contributed by atoms with Crippen LogP contribution >= 0.6 is 11.6 Å². The highest BCUT2D eigenvalue weighted by molar-refractivity contribution is 6.32. The Labute approximate surface area is 145 Å². The second-order valence-corrected chi connectivity index (χ2v) is 6.20. The molecule has 1 aliphatic heterocycles. The number of halogens is 2. The Balaban J connectivity index is 1.63. The Bertz CT molecular complexity index is 773. The van der Waals surface area contributed by atoms with Crippen LogP contribution in [0.2, 0.25) is 5.02 Å². The van der Waals surface area contributed by atoms with Crippen LogP contribution in [-0.4, -0.2) is 23.4 Å². The van der Waals surface area contributed by atoms with E-state index in [0.29, 0.717) is 29.5 Å². The van der Waals surface area contributed by atoms with Crippen molar-refractivity contribution in [3.05, 3.63) is 76.8 Å². The molecule has 0 spiro atoms. The number of nitrogens with zero attached hydrogens (tertiary/aromatic N) is 1. The fourth-order valence-electron chi connectivity index (χ4n) is 2.69. The van der Waals surface area contributed by atoms with E-state index >= 15 is 0 Å². The van der Waals surface area contributed by atoms with Crippen LogP contribution in [0.4, 0.5) is 4.39 Å². The molecule has 1 amide bonds. The lowest BCUT2D eigenvalue weighted by molar-refractivity contribution is -0.126. The van der Waals surface area contributed by atoms with Gasteiger partial charge in [-0.15, -0.1) is 0 Å². The zero-order valence-electron chi connectivity index (χ0n) is 13.2. The SMILES string of the molecule is C[C@@H](Cc1ccc(F)cc1)N1CC(Oc2ccccc2Cl)=CC1=O. The van der Waals surface area contributed by atoms with Gasteiger partial charge < -0.3 is 9.64 Å². The first-order chi connectivity index (χ1) is 11.5. The predicted molar refractivity (Wildman–Crippen MR) is 91.4 cm³/mol. The largest absolute Gasteiger partial charge is 0.458 e. The fraction of sp³-hybridized carbons (Fsp3) is 0.211. The summed E-state index contributed by atoms with van der Waals surface area (Å²) in [5.74, 6) is 0.748. The van der Waals surface area contributed by atoms with Gasteiger partial charge >= 0.3 is 0 Å². The molecule has 2 aromatic rings. The molecule has 0 unspecified atom stereocenters. The summed E-state index contributed by atoms with van der Waals surface area (Å²) in [5, 5.41) is 0.503. The number of carbonyl (C=O) groups is 1. The Hall–Kier alpha value is -2.33. The predicted octanol–water partition coefficient (Wildman–Crippen LogP) is 4.22. The van der Waals surface area contributed by atoms with Gasteiger partial charge in [-0.1, -0.05) is 35.9 Å². The molecule has 1 heterocycles. The van der Waals surface area contributed by atoms with E-state index in [1.807, 2.05) is 19.1 Å². The number of hydrogen-bond acceptors (Lipinski definition) is 2. The summed E-state index contributed by atoms with van der Waals surface area (Å²) in [5.41, 5.74) is 0.983. The zero-order chi connectivity index (χ0) is 17.1. The van der Waals surface area contributed by atoms with Crippen molar-refractivity contribution in [2.24, 2.45) is 0 Å². The molecular formula is C19H17ClFNO2. The Kier molecular flexibility index (Phi) is 4.86. The second-order valence-electron chi connectivity index (χ2n) is 5.79. The highest BCUT2D eigenvalue weighted by Gasteiger charge is 2.27. The topological polar surface area (TPSA) is 29.5 Å². The maximum absolute atomic E-state index is 13.0. The van der Waals surface area contributed by atoms with Crippen molar-refractivity contribution in [3.63, 3.8) is 0 Å². The van der Waals surface area contributed by atoms with E-state index < -0.39 is 0 Å². The number of benzene rings is 2. The summed E-state index contributed by atoms with van der Waals surface area (Å²) in [6.45, 7) is 2.36. The van der Waals surface area contributed by atoms with Crippen LogP contribution in [0, 0.1) is 5.82 Å². The smallest absolute Gasteiger partial charge is 0.250 e. The Morgan fingerprint density at radius 3 is 2.62 bits per heavy atom. The van der Waals surface area contributed by atoms with E-state index in [9.17, 15) is 9.18 Å². The first-order valence-electron chi connectivity index (χ1n) is 7.71. The van der Waals surface area contributed by atoms with Gasteiger partial charge in [0.1, 0.15) is 17.3 Å². The third kappa shape index (κ3) is 3.77. The monoisotopic (exact) mass is 345 g/mol. The molecule has 1 atom stereocenters. The van der Waals surface area contributed by atoms with Gasteiger partial charge in [-0.05, 0) is 43.2 Å². The third-order valence-corrected chi connectivity index (χ3v) is 4.26. The van der Waals surface area contributed by atoms with Crippen LogP contribution in [0.3, 0.4) is 0 Å². The molecule has 0 N–H and O–H groups in total. The second kappa shape index (κ2) is 7.05. The van der Waals surface area contributed by atoms with Crippen LogP contribution in [0.25, 0.3) is 0 Å². The summed E-state index contributed by atoms with van der Waals surface area (Å²) in [7, 11) is 0. The molecule has 0 saturated heterocycles. The molecule has 0 aromatic heterocycles. The van der Waals surface area contributed by atoms with Crippen molar-refractivity contribution in [2.75, 3.05) is 6.54 Å². The minimum Gasteiger partial charge on any atom is -0.458 e. The quantitative estimate of drug-likeness (QED) is 0.812. The van der Waals surface area contributed by atoms with Crippen molar-refractivity contribution < 1.29 is 13.9 Å². The number of carbonyl (C=O) groups excluding carboxylic acids is 1. The van der Waals surface area contributed by atoms with Gasteiger partial charge in [0.05, 0.1) is 11.6 Å². The molecule has 3 rings (SSSR count). The van der Waals surface area contributed by atoms with Gasteiger partial charge in [0, 0.05) is 12.1 Å². The lowest BCUT2D eigenvalue weighted by atomic mass is 10.1. The van der Waals surface area contributed by atoms with E-state index in [1.165, 1.54) is 18.2 Å². The van der Waals surface area contributed by atoms with Gasteiger partial charge in [-0.3, -0.25) is 4.79 Å². The molecule has 24 heavy (non-hydrogen) atoms. The highest BCUT2D eigenvalue weighted by atomic mass is 35.5. The van der Waals surface area contributed by atoms with Crippen LogP contribution in [0.15, 0.2) is 60.4 Å². The molecule has 2 aromatic carbocycles. The van der Waals surface area contributed by atoms with Crippen molar-refractivity contribution in [1.29, 1.82) is 0 Å². The normalized spacial score (nSPS) is 15.4. The van der Waals surface area contributed by atoms with Gasteiger partial charge in [0.25, 0.3) is 5.91 Å². The maximum Gasteiger partial charge on any atom is 0.250 e. The molecule has 0 bridgehead atoms. The van der Waals surface area contributed by atoms with E-state index in [4.69, 9.17) is 16.3 Å². The fourth-order valence-corrected chi connectivity index (χ4v) is 2.86. The van der Waals surface area contributed by atoms with Crippen LogP contribution in [0.5, 0.6) is 5.75 Å². The van der Waals surface area contributed by atoms with Gasteiger partial charge in [-0.25, -0.2) is 4.39 Å². The van der Waals surface area contributed by atoms with Crippen LogP contribution in [0.1, 0.15) is 12.5 Å². The average Bonchev–Trinajstić information content (AvgIpc) is 2.92. The average molecular weight is 346 g/mol. The van der Waals surface area contributed by atoms with Gasteiger partial charge in [0.15, 0.2) is 0 Å². The van der Waals surface area contributed by atoms with E-state index in [2.05, 4.69) is 0 Å². The van der Waals surface area contributed by atoms with Crippen molar-refractivity contribution in [3.8, 4) is 5.75 Å². The van der Waals surface area contributed by atoms with E-state index in [1.54, 1.807) is 29.2 Å². The summed E-state index contributed by atoms with van der Waals surface area (Å²) in [4.78, 5) is 14.0. The number of para-hydroxylation sites is 1. The molecule has 5 heteroatoms. The Morgan fingerprint density at radius 2 is 1.92 bits per heavy atom. The molecule has 124 valence electrons. The lowest BCUT2D eigenvalue weighted by Crippen LogP contribution is -2.36. The number of hydrogen-bond donors (Lipinski definition) is 0. The maximum atomic E-state index is 13.0. The number of amides is 1. The van der Waals surface area contributed by atoms with Crippen molar-refractivity contribution in [1.82, 2.24) is 4.90 Å². The highest BCUT2D eigenvalue weighted by Crippen LogP contribution is 2.27. The van der Waals surface area contributed by atoms with Crippen LogP contribution in [-0.2, 0) is 11.2 Å². The Morgan fingerprint density at radius 1 is 1.21 bits per heavy atom. The summed E-state index contributed by atoms with van der Waals surface area (Å²) >= 11 is 6.08. The molecule has 0 fully saturated rings. The summed E-state index contributed by atoms with van der Waals surface area (Å²) in [6, 6.07) is 13.5. The summed E-state index contributed by atoms with van der Waals surface area (Å²) in [6.07, 6.45) is 2.14. The van der Waals surface area contributed by atoms with Crippen molar-refractivity contribution >= 4 is 17.5 Å². The van der Waals surface area contributed by atoms with E-state index in [-0.39, 0.29) is 17.8 Å².